The molecule has 0 aliphatic carbocycles. The van der Waals surface area contributed by atoms with E-state index < -0.39 is 26.6 Å². The van der Waals surface area contributed by atoms with Crippen molar-refractivity contribution in [3.8, 4) is 11.5 Å². The topological polar surface area (TPSA) is 87.2 Å². The number of amides is 1. The highest BCUT2D eigenvalue weighted by molar-refractivity contribution is 7.89. The number of carbonyl (C=O) groups is 1. The Morgan fingerprint density at radius 3 is 2.33 bits per heavy atom. The van der Waals surface area contributed by atoms with E-state index in [0.29, 0.717) is 5.56 Å². The molecule has 2 aromatic carbocycles. The van der Waals surface area contributed by atoms with Gasteiger partial charge in [0.15, 0.2) is 16.4 Å². The monoisotopic (exact) mass is 438 g/mol. The van der Waals surface area contributed by atoms with Gasteiger partial charge in [0.2, 0.25) is 15.9 Å². The first-order valence-electron chi connectivity index (χ1n) is 9.02. The largest absolute Gasteiger partial charge is 0.504 e. The van der Waals surface area contributed by atoms with Gasteiger partial charge >= 0.3 is 0 Å². The number of halogens is 2. The summed E-state index contributed by atoms with van der Waals surface area (Å²) in [5, 5.41) is 9.60. The first-order valence-corrected chi connectivity index (χ1v) is 10.5. The van der Waals surface area contributed by atoms with Crippen molar-refractivity contribution in [2.45, 2.75) is 4.90 Å². The number of methoxy groups -OCH3 is 1. The van der Waals surface area contributed by atoms with Crippen LogP contribution in [-0.2, 0) is 14.8 Å². The van der Waals surface area contributed by atoms with Crippen molar-refractivity contribution < 1.29 is 31.8 Å². The average Bonchev–Trinajstić information content (AvgIpc) is 2.72. The normalized spacial score (nSPS) is 15.5. The molecule has 1 N–H and O–H groups in total. The van der Waals surface area contributed by atoms with Gasteiger partial charge in [-0.05, 0) is 35.9 Å². The number of nitrogens with zero attached hydrogens (tertiary/aromatic N) is 2. The smallest absolute Gasteiger partial charge is 0.249 e. The van der Waals surface area contributed by atoms with Gasteiger partial charge in [0.05, 0.1) is 7.11 Å². The SMILES string of the molecule is COc1cc(/C=C/C(=O)N2CCN(S(=O)(=O)c3c(F)cccc3F)CC2)ccc1O. The Kier molecular flexibility index (Phi) is 6.37. The van der Waals surface area contributed by atoms with E-state index in [4.69, 9.17) is 4.74 Å². The predicted molar refractivity (Wildman–Crippen MR) is 105 cm³/mol. The Balaban J connectivity index is 1.66. The number of hydrogen-bond donors (Lipinski definition) is 1. The molecule has 2 aromatic rings. The van der Waals surface area contributed by atoms with Crippen molar-refractivity contribution in [2.75, 3.05) is 33.3 Å². The van der Waals surface area contributed by atoms with Crippen LogP contribution >= 0.6 is 0 Å². The zero-order valence-electron chi connectivity index (χ0n) is 16.1. The lowest BCUT2D eigenvalue weighted by molar-refractivity contribution is -0.127. The van der Waals surface area contributed by atoms with E-state index in [1.54, 1.807) is 18.2 Å². The maximum absolute atomic E-state index is 13.9. The van der Waals surface area contributed by atoms with Gasteiger partial charge in [0.25, 0.3) is 0 Å². The molecule has 1 heterocycles. The molecular weight excluding hydrogens is 418 g/mol. The fourth-order valence-electron chi connectivity index (χ4n) is 3.08. The van der Waals surface area contributed by atoms with Crippen LogP contribution in [0.2, 0.25) is 0 Å². The lowest BCUT2D eigenvalue weighted by Gasteiger charge is -2.33. The van der Waals surface area contributed by atoms with Crippen LogP contribution in [0.25, 0.3) is 6.08 Å². The number of sulfonamides is 1. The van der Waals surface area contributed by atoms with E-state index in [2.05, 4.69) is 0 Å². The molecule has 0 saturated carbocycles. The average molecular weight is 438 g/mol. The van der Waals surface area contributed by atoms with Gasteiger partial charge in [-0.1, -0.05) is 12.1 Å². The van der Waals surface area contributed by atoms with E-state index in [0.717, 1.165) is 22.5 Å². The van der Waals surface area contributed by atoms with Crippen LogP contribution < -0.4 is 4.74 Å². The molecule has 10 heteroatoms. The van der Waals surface area contributed by atoms with E-state index in [1.165, 1.54) is 24.2 Å². The molecule has 0 bridgehead atoms. The number of benzene rings is 2. The molecule has 0 atom stereocenters. The quantitative estimate of drug-likeness (QED) is 0.724. The Morgan fingerprint density at radius 1 is 1.10 bits per heavy atom. The first-order chi connectivity index (χ1) is 14.2. The molecule has 7 nitrogen and oxygen atoms in total. The van der Waals surface area contributed by atoms with Crippen LogP contribution in [0.3, 0.4) is 0 Å². The summed E-state index contributed by atoms with van der Waals surface area (Å²) >= 11 is 0. The second-order valence-electron chi connectivity index (χ2n) is 6.54. The van der Waals surface area contributed by atoms with Crippen LogP contribution in [0.1, 0.15) is 5.56 Å². The maximum Gasteiger partial charge on any atom is 0.249 e. The van der Waals surface area contributed by atoms with Gasteiger partial charge in [-0.15, -0.1) is 0 Å². The van der Waals surface area contributed by atoms with Gasteiger partial charge < -0.3 is 14.7 Å². The maximum atomic E-state index is 13.9. The van der Waals surface area contributed by atoms with Crippen molar-refractivity contribution in [1.29, 1.82) is 0 Å². The highest BCUT2D eigenvalue weighted by atomic mass is 32.2. The summed E-state index contributed by atoms with van der Waals surface area (Å²) < 4.78 is 59.0. The van der Waals surface area contributed by atoms with Gasteiger partial charge in [0, 0.05) is 32.3 Å². The zero-order valence-corrected chi connectivity index (χ0v) is 16.9. The first kappa shape index (κ1) is 21.7. The van der Waals surface area contributed by atoms with Crippen molar-refractivity contribution in [1.82, 2.24) is 9.21 Å². The van der Waals surface area contributed by atoms with Crippen LogP contribution in [0.4, 0.5) is 8.78 Å². The van der Waals surface area contributed by atoms with Crippen molar-refractivity contribution in [3.63, 3.8) is 0 Å². The lowest BCUT2D eigenvalue weighted by atomic mass is 10.2. The van der Waals surface area contributed by atoms with Crippen molar-refractivity contribution in [2.24, 2.45) is 0 Å². The highest BCUT2D eigenvalue weighted by Crippen LogP contribution is 2.27. The summed E-state index contributed by atoms with van der Waals surface area (Å²) in [5.74, 6) is -2.40. The summed E-state index contributed by atoms with van der Waals surface area (Å²) in [6.07, 6.45) is 2.87. The Morgan fingerprint density at radius 2 is 1.73 bits per heavy atom. The molecule has 0 aromatic heterocycles. The molecule has 0 radical (unpaired) electrons. The predicted octanol–water partition coefficient (Wildman–Crippen LogP) is 2.23. The Hall–Kier alpha value is -2.98. The number of hydrogen-bond acceptors (Lipinski definition) is 5. The third-order valence-corrected chi connectivity index (χ3v) is 6.64. The number of aromatic hydroxyl groups is 1. The molecule has 0 spiro atoms. The molecule has 3 rings (SSSR count). The minimum Gasteiger partial charge on any atom is -0.504 e. The standard InChI is InChI=1S/C20H20F2N2O5S/c1-29-18-13-14(5-7-17(18)25)6-8-19(26)23-9-11-24(12-10-23)30(27,28)20-15(21)3-2-4-16(20)22/h2-8,13,25H,9-12H2,1H3/b8-6+. The fraction of sp³-hybridized carbons (Fsp3) is 0.250. The van der Waals surface area contributed by atoms with E-state index >= 15 is 0 Å². The molecule has 0 unspecified atom stereocenters. The van der Waals surface area contributed by atoms with Crippen molar-refractivity contribution in [3.05, 3.63) is 59.7 Å². The summed E-state index contributed by atoms with van der Waals surface area (Å²) in [7, 11) is -2.94. The van der Waals surface area contributed by atoms with Gasteiger partial charge in [-0.2, -0.15) is 4.31 Å². The minimum atomic E-state index is -4.35. The van der Waals surface area contributed by atoms with Gasteiger partial charge in [-0.3, -0.25) is 4.79 Å². The fourth-order valence-corrected chi connectivity index (χ4v) is 4.61. The van der Waals surface area contributed by atoms with Gasteiger partial charge in [-0.25, -0.2) is 17.2 Å². The molecule has 1 aliphatic rings. The second kappa shape index (κ2) is 8.80. The minimum absolute atomic E-state index is 0.0235. The molecule has 1 aliphatic heterocycles. The molecule has 1 fully saturated rings. The summed E-state index contributed by atoms with van der Waals surface area (Å²) in [6.45, 7) is 0.000186. The van der Waals surface area contributed by atoms with Crippen LogP contribution in [0, 0.1) is 11.6 Å². The molecule has 30 heavy (non-hydrogen) atoms. The van der Waals surface area contributed by atoms with Crippen LogP contribution in [-0.4, -0.2) is 61.9 Å². The van der Waals surface area contributed by atoms with Gasteiger partial charge in [0.1, 0.15) is 11.6 Å². The highest BCUT2D eigenvalue weighted by Gasteiger charge is 2.33. The summed E-state index contributed by atoms with van der Waals surface area (Å²) in [5.41, 5.74) is 0.634. The second-order valence-corrected chi connectivity index (χ2v) is 8.42. The van der Waals surface area contributed by atoms with Crippen molar-refractivity contribution >= 4 is 22.0 Å². The van der Waals surface area contributed by atoms with Crippen LogP contribution in [0.5, 0.6) is 11.5 Å². The molecule has 160 valence electrons. The number of carbonyl (C=O) groups excluding carboxylic acids is 1. The number of ether oxygens (including phenoxy) is 1. The summed E-state index contributed by atoms with van der Waals surface area (Å²) in [6, 6.07) is 7.48. The Labute approximate surface area is 172 Å². The zero-order chi connectivity index (χ0) is 21.9. The van der Waals surface area contributed by atoms with Crippen LogP contribution in [0.15, 0.2) is 47.4 Å². The third-order valence-electron chi connectivity index (χ3n) is 4.69. The lowest BCUT2D eigenvalue weighted by Crippen LogP contribution is -2.50. The number of phenols is 1. The number of rotatable bonds is 5. The molecular formula is C20H20F2N2O5S. The molecule has 1 saturated heterocycles. The Bertz CT molecular complexity index is 1060. The summed E-state index contributed by atoms with van der Waals surface area (Å²) in [4.78, 5) is 12.9. The third kappa shape index (κ3) is 4.44. The number of phenolic OH excluding ortho intramolecular Hbond substituents is 1. The van der Waals surface area contributed by atoms with E-state index in [1.807, 2.05) is 0 Å². The molecule has 1 amide bonds. The van der Waals surface area contributed by atoms with E-state index in [-0.39, 0.29) is 43.6 Å². The number of piperazine rings is 1. The van der Waals surface area contributed by atoms with E-state index in [9.17, 15) is 27.1 Å².